The highest BCUT2D eigenvalue weighted by molar-refractivity contribution is 6.47. The zero-order valence-electron chi connectivity index (χ0n) is 22.7. The average Bonchev–Trinajstić information content (AvgIpc) is 2.68. The first-order chi connectivity index (χ1) is 14.7. The van der Waals surface area contributed by atoms with Crippen LogP contribution >= 0.6 is 0 Å². The van der Waals surface area contributed by atoms with Gasteiger partial charge in [-0.1, -0.05) is 85.1 Å². The fourth-order valence-electron chi connectivity index (χ4n) is 3.63. The zero-order chi connectivity index (χ0) is 24.5. The van der Waals surface area contributed by atoms with Gasteiger partial charge < -0.3 is 27.9 Å². The largest absolute Gasteiger partial charge is 0.460 e. The third kappa shape index (κ3) is 17.5. The number of hydrogen-bond donors (Lipinski definition) is 0. The highest BCUT2D eigenvalue weighted by atomic mass is 16.6. The van der Waals surface area contributed by atoms with Gasteiger partial charge in [0.2, 0.25) is 0 Å². The first kappa shape index (κ1) is 43.0. The summed E-state index contributed by atoms with van der Waals surface area (Å²) in [6, 6.07) is 0. The van der Waals surface area contributed by atoms with Crippen LogP contribution in [0.25, 0.3) is 0 Å². The van der Waals surface area contributed by atoms with Gasteiger partial charge in [0.05, 0.1) is 5.60 Å². The Morgan fingerprint density at radius 2 is 1.03 bits per heavy atom. The van der Waals surface area contributed by atoms with E-state index in [0.29, 0.717) is 23.6 Å². The van der Waals surface area contributed by atoms with E-state index in [-0.39, 0.29) is 62.1 Å². The molecule has 36 heavy (non-hydrogen) atoms. The normalized spacial score (nSPS) is 22.5. The second-order valence-corrected chi connectivity index (χ2v) is 11.7. The quantitative estimate of drug-likeness (QED) is 0.351. The molecule has 1 unspecified atom stereocenters. The molecule has 0 aromatic rings. The van der Waals surface area contributed by atoms with E-state index < -0.39 is 0 Å². The van der Waals surface area contributed by atoms with Crippen molar-refractivity contribution in [3.8, 4) is 0 Å². The lowest BCUT2D eigenvalue weighted by Gasteiger charge is -2.39. The molecule has 3 saturated heterocycles. The molecule has 0 spiro atoms. The van der Waals surface area contributed by atoms with Crippen molar-refractivity contribution < 1.29 is 27.9 Å². The molecule has 3 fully saturated rings. The van der Waals surface area contributed by atoms with Gasteiger partial charge in [-0.2, -0.15) is 0 Å². The molecule has 0 aromatic carbocycles. The van der Waals surface area contributed by atoms with E-state index in [4.69, 9.17) is 27.9 Å². The van der Waals surface area contributed by atoms with Crippen molar-refractivity contribution in [1.82, 2.24) is 0 Å². The van der Waals surface area contributed by atoms with Crippen molar-refractivity contribution in [2.45, 2.75) is 148 Å². The zero-order valence-corrected chi connectivity index (χ0v) is 22.7. The Morgan fingerprint density at radius 1 is 0.639 bits per heavy atom. The minimum Gasteiger partial charge on any atom is -0.411 e. The van der Waals surface area contributed by atoms with Gasteiger partial charge in [0.25, 0.3) is 0 Å². The molecule has 1 atom stereocenters. The van der Waals surface area contributed by atoms with E-state index in [1.165, 1.54) is 0 Å². The van der Waals surface area contributed by atoms with E-state index in [1.54, 1.807) is 0 Å². The van der Waals surface area contributed by atoms with Crippen molar-refractivity contribution in [3.63, 3.8) is 0 Å². The third-order valence-corrected chi connectivity index (χ3v) is 5.34. The van der Waals surface area contributed by atoms with Crippen LogP contribution in [-0.4, -0.2) is 59.5 Å². The van der Waals surface area contributed by atoms with Crippen LogP contribution in [0.2, 0.25) is 17.5 Å². The summed E-state index contributed by atoms with van der Waals surface area (Å²) in [7, 11) is 0.0468. The average molecular weight is 518 g/mol. The van der Waals surface area contributed by atoms with Gasteiger partial charge in [0.15, 0.2) is 0 Å². The van der Waals surface area contributed by atoms with Crippen molar-refractivity contribution >= 4 is 21.4 Å². The number of hydrogen-bond acceptors (Lipinski definition) is 6. The molecular weight excluding hydrogens is 453 g/mol. The lowest BCUT2D eigenvalue weighted by atomic mass is 9.71. The summed E-state index contributed by atoms with van der Waals surface area (Å²) in [5.74, 6) is 1.39. The first-order valence-corrected chi connectivity index (χ1v) is 12.5. The van der Waals surface area contributed by atoms with Gasteiger partial charge >= 0.3 is 21.4 Å². The van der Waals surface area contributed by atoms with Crippen LogP contribution in [0.1, 0.15) is 119 Å². The molecule has 3 aliphatic rings. The van der Waals surface area contributed by atoms with Gasteiger partial charge in [-0.25, -0.2) is 0 Å². The smallest absolute Gasteiger partial charge is 0.411 e. The van der Waals surface area contributed by atoms with Crippen LogP contribution in [0, 0.1) is 5.41 Å². The van der Waals surface area contributed by atoms with Crippen molar-refractivity contribution in [2.24, 2.45) is 5.41 Å². The van der Waals surface area contributed by atoms with Gasteiger partial charge in [-0.3, -0.25) is 0 Å². The van der Waals surface area contributed by atoms with Crippen molar-refractivity contribution in [3.05, 3.63) is 0 Å². The second-order valence-electron chi connectivity index (χ2n) is 11.7. The molecule has 0 N–H and O–H groups in total. The standard InChI is InChI=1S/C9H19BO2.C8H17BO2.C6H13BO2.4CH4/c1-7(2)10-11-8(3)6-9(4,5)12-10;1-7(2)9-10-5-8(3,4)6-11-9;1-6(2)7-8-4-3-5-9-7;;;;/h7-8H,6H2,1-5H3;7H,5-6H2,1-4H3;6H,3-5H2,1-2H3;4*1H4. The molecule has 0 bridgehead atoms. The van der Waals surface area contributed by atoms with Crippen molar-refractivity contribution in [1.29, 1.82) is 0 Å². The van der Waals surface area contributed by atoms with Crippen LogP contribution < -0.4 is 0 Å². The Kier molecular flexibility index (Phi) is 23.8. The molecule has 6 nitrogen and oxygen atoms in total. The second kappa shape index (κ2) is 19.9. The van der Waals surface area contributed by atoms with E-state index in [0.717, 1.165) is 39.3 Å². The van der Waals surface area contributed by atoms with E-state index in [1.807, 2.05) is 0 Å². The molecule has 3 heterocycles. The molecular formula is C27H65B3O6. The lowest BCUT2D eigenvalue weighted by molar-refractivity contribution is -0.0314. The maximum absolute atomic E-state index is 5.78. The summed E-state index contributed by atoms with van der Waals surface area (Å²) < 4.78 is 33.1. The van der Waals surface area contributed by atoms with Crippen molar-refractivity contribution in [2.75, 3.05) is 26.4 Å². The predicted molar refractivity (Wildman–Crippen MR) is 162 cm³/mol. The lowest BCUT2D eigenvalue weighted by Crippen LogP contribution is -2.47. The molecule has 0 amide bonds. The molecule has 0 saturated carbocycles. The van der Waals surface area contributed by atoms with Gasteiger partial charge in [0.1, 0.15) is 0 Å². The van der Waals surface area contributed by atoms with E-state index in [2.05, 4.69) is 76.2 Å². The van der Waals surface area contributed by atoms with Crippen LogP contribution in [0.4, 0.5) is 0 Å². The SMILES string of the molecule is C.C.C.C.CC(C)B1OCC(C)(C)CO1.CC(C)B1OCCCO1.CC1CC(C)(C)OB(C(C)C)O1. The Morgan fingerprint density at radius 3 is 1.36 bits per heavy atom. The maximum atomic E-state index is 5.78. The fraction of sp³-hybridized carbons (Fsp3) is 1.00. The minimum absolute atomic E-state index is 0. The van der Waals surface area contributed by atoms with E-state index >= 15 is 0 Å². The van der Waals surface area contributed by atoms with E-state index in [9.17, 15) is 0 Å². The first-order valence-electron chi connectivity index (χ1n) is 12.5. The summed E-state index contributed by atoms with van der Waals surface area (Å²) in [4.78, 5) is 0. The summed E-state index contributed by atoms with van der Waals surface area (Å²) in [5, 5.41) is 0. The summed E-state index contributed by atoms with van der Waals surface area (Å²) in [6.45, 7) is 26.7. The topological polar surface area (TPSA) is 55.4 Å². The van der Waals surface area contributed by atoms with Gasteiger partial charge in [0, 0.05) is 37.9 Å². The Bertz CT molecular complexity index is 502. The maximum Gasteiger partial charge on any atom is 0.460 e. The molecule has 0 aliphatic carbocycles. The Hall–Kier alpha value is -0.0452. The fourth-order valence-corrected chi connectivity index (χ4v) is 3.63. The van der Waals surface area contributed by atoms with Crippen LogP contribution in [0.5, 0.6) is 0 Å². The number of rotatable bonds is 3. The molecule has 0 aromatic heterocycles. The molecule has 0 radical (unpaired) electrons. The molecule has 9 heteroatoms. The molecule has 218 valence electrons. The van der Waals surface area contributed by atoms with Crippen LogP contribution in [0.15, 0.2) is 0 Å². The molecule has 3 aliphatic heterocycles. The Balaban J connectivity index is -0.000000204. The van der Waals surface area contributed by atoms with Gasteiger partial charge in [-0.05, 0) is 51.1 Å². The minimum atomic E-state index is -0.0243. The predicted octanol–water partition coefficient (Wildman–Crippen LogP) is 8.31. The highest BCUT2D eigenvalue weighted by Crippen LogP contribution is 2.29. The van der Waals surface area contributed by atoms with Crippen LogP contribution in [-0.2, 0) is 27.9 Å². The third-order valence-electron chi connectivity index (χ3n) is 5.34. The summed E-state index contributed by atoms with van der Waals surface area (Å²) in [5.41, 5.74) is 0.179. The van der Waals surface area contributed by atoms with Gasteiger partial charge in [-0.15, -0.1) is 0 Å². The molecule has 3 rings (SSSR count). The monoisotopic (exact) mass is 519 g/mol. The highest BCUT2D eigenvalue weighted by Gasteiger charge is 2.38. The Labute approximate surface area is 229 Å². The summed E-state index contributed by atoms with van der Waals surface area (Å²) in [6.07, 6.45) is 2.35. The summed E-state index contributed by atoms with van der Waals surface area (Å²) >= 11 is 0. The van der Waals surface area contributed by atoms with Crippen LogP contribution in [0.3, 0.4) is 0 Å².